The summed E-state index contributed by atoms with van der Waals surface area (Å²) in [4.78, 5) is 4.26. The van der Waals surface area contributed by atoms with Crippen LogP contribution < -0.4 is 5.32 Å². The molecule has 6 heteroatoms. The molecule has 1 aromatic heterocycles. The second-order valence-electron chi connectivity index (χ2n) is 4.47. The number of phenols is 1. The second-order valence-corrected chi connectivity index (χ2v) is 6.45. The van der Waals surface area contributed by atoms with Gasteiger partial charge in [-0.1, -0.05) is 12.1 Å². The number of phenolic OH excluding ortho intramolecular Hbond substituents is 1. The predicted octanol–water partition coefficient (Wildman–Crippen LogP) is 1.85. The van der Waals surface area contributed by atoms with Crippen molar-refractivity contribution < 1.29 is 13.5 Å². The Morgan fingerprint density at radius 2 is 1.90 bits per heavy atom. The molecule has 0 unspecified atom stereocenters. The van der Waals surface area contributed by atoms with E-state index in [0.717, 1.165) is 11.8 Å². The molecule has 0 aliphatic rings. The van der Waals surface area contributed by atoms with Gasteiger partial charge in [0.1, 0.15) is 16.5 Å². The van der Waals surface area contributed by atoms with Crippen LogP contribution in [0, 0.1) is 0 Å². The van der Waals surface area contributed by atoms with Crippen LogP contribution in [0.1, 0.15) is 5.56 Å². The van der Waals surface area contributed by atoms with Gasteiger partial charge < -0.3 is 10.4 Å². The van der Waals surface area contributed by atoms with Crippen LogP contribution in [0.2, 0.25) is 0 Å². The summed E-state index contributed by atoms with van der Waals surface area (Å²) in [5.41, 5.74) is 1.05. The molecule has 0 atom stereocenters. The molecule has 0 spiro atoms. The van der Waals surface area contributed by atoms with E-state index in [4.69, 9.17) is 0 Å². The summed E-state index contributed by atoms with van der Waals surface area (Å²) in [6.07, 6.45) is 3.42. The summed E-state index contributed by atoms with van der Waals surface area (Å²) in [7, 11) is -3.29. The van der Waals surface area contributed by atoms with Crippen molar-refractivity contribution in [3.05, 3.63) is 48.2 Å². The minimum absolute atomic E-state index is 0.200. The summed E-state index contributed by atoms with van der Waals surface area (Å²) in [5, 5.41) is 12.2. The van der Waals surface area contributed by atoms with Gasteiger partial charge in [-0.15, -0.1) is 0 Å². The highest BCUT2D eigenvalue weighted by Crippen LogP contribution is 2.17. The van der Waals surface area contributed by atoms with E-state index in [2.05, 4.69) is 10.3 Å². The third-order valence-electron chi connectivity index (χ3n) is 2.81. The van der Waals surface area contributed by atoms with Crippen LogP contribution >= 0.6 is 0 Å². The first-order chi connectivity index (χ1) is 9.47. The predicted molar refractivity (Wildman–Crippen MR) is 77.6 cm³/mol. The summed E-state index contributed by atoms with van der Waals surface area (Å²) < 4.78 is 23.2. The fourth-order valence-corrected chi connectivity index (χ4v) is 2.61. The Kier molecular flexibility index (Phi) is 4.24. The van der Waals surface area contributed by atoms with Gasteiger partial charge >= 0.3 is 0 Å². The Bertz CT molecular complexity index is 682. The van der Waals surface area contributed by atoms with Crippen molar-refractivity contribution in [3.63, 3.8) is 0 Å². The van der Waals surface area contributed by atoms with Gasteiger partial charge in [0.15, 0.2) is 9.84 Å². The highest BCUT2D eigenvalue weighted by molar-refractivity contribution is 7.90. The highest BCUT2D eigenvalue weighted by atomic mass is 32.2. The maximum Gasteiger partial charge on any atom is 0.179 e. The molecular formula is C14H16N2O3S. The largest absolute Gasteiger partial charge is 0.508 e. The van der Waals surface area contributed by atoms with Gasteiger partial charge in [-0.3, -0.25) is 0 Å². The number of pyridine rings is 1. The number of anilines is 1. The van der Waals surface area contributed by atoms with Crippen LogP contribution in [0.25, 0.3) is 0 Å². The molecule has 2 rings (SSSR count). The lowest BCUT2D eigenvalue weighted by atomic mass is 10.1. The lowest BCUT2D eigenvalue weighted by Crippen LogP contribution is -2.10. The number of benzene rings is 1. The summed E-state index contributed by atoms with van der Waals surface area (Å²) in [6.45, 7) is 0.560. The molecule has 5 nitrogen and oxygen atoms in total. The van der Waals surface area contributed by atoms with Crippen molar-refractivity contribution in [2.45, 2.75) is 11.3 Å². The molecule has 0 aliphatic heterocycles. The van der Waals surface area contributed by atoms with E-state index in [1.54, 1.807) is 24.4 Å². The minimum atomic E-state index is -3.29. The molecule has 20 heavy (non-hydrogen) atoms. The van der Waals surface area contributed by atoms with E-state index in [0.29, 0.717) is 18.8 Å². The molecule has 1 aromatic carbocycles. The van der Waals surface area contributed by atoms with Gasteiger partial charge in [-0.05, 0) is 36.2 Å². The van der Waals surface area contributed by atoms with E-state index in [1.807, 2.05) is 12.1 Å². The normalized spacial score (nSPS) is 11.2. The summed E-state index contributed by atoms with van der Waals surface area (Å²) in [5.74, 6) is 0.597. The van der Waals surface area contributed by atoms with Crippen molar-refractivity contribution in [2.75, 3.05) is 18.1 Å². The average molecular weight is 292 g/mol. The van der Waals surface area contributed by atoms with Crippen LogP contribution in [0.4, 0.5) is 5.82 Å². The number of hydrogen-bond donors (Lipinski definition) is 2. The standard InChI is InChI=1S/C14H16N2O3S/c1-20(18,19)13-3-2-9-15-14(13)16-10-8-11-4-6-12(17)7-5-11/h2-7,9,17H,8,10H2,1H3,(H,15,16). The summed E-state index contributed by atoms with van der Waals surface area (Å²) in [6, 6.07) is 10.0. The average Bonchev–Trinajstić information content (AvgIpc) is 2.40. The molecule has 2 N–H and O–H groups in total. The van der Waals surface area contributed by atoms with E-state index < -0.39 is 9.84 Å². The van der Waals surface area contributed by atoms with Crippen LogP contribution in [0.5, 0.6) is 5.75 Å². The van der Waals surface area contributed by atoms with Crippen LogP contribution in [0.3, 0.4) is 0 Å². The maximum absolute atomic E-state index is 11.6. The number of nitrogens with one attached hydrogen (secondary N) is 1. The van der Waals surface area contributed by atoms with E-state index >= 15 is 0 Å². The van der Waals surface area contributed by atoms with E-state index in [-0.39, 0.29) is 10.6 Å². The summed E-state index contributed by atoms with van der Waals surface area (Å²) >= 11 is 0. The monoisotopic (exact) mass is 292 g/mol. The number of rotatable bonds is 5. The SMILES string of the molecule is CS(=O)(=O)c1cccnc1NCCc1ccc(O)cc1. The molecule has 0 amide bonds. The molecule has 0 fully saturated rings. The molecule has 2 aromatic rings. The van der Waals surface area contributed by atoms with E-state index in [1.165, 1.54) is 6.07 Å². The van der Waals surface area contributed by atoms with Crippen molar-refractivity contribution in [3.8, 4) is 5.75 Å². The topological polar surface area (TPSA) is 79.3 Å². The van der Waals surface area contributed by atoms with Crippen LogP contribution in [-0.4, -0.2) is 31.3 Å². The van der Waals surface area contributed by atoms with Crippen molar-refractivity contribution in [1.82, 2.24) is 4.98 Å². The fraction of sp³-hybridized carbons (Fsp3) is 0.214. The number of sulfone groups is 1. The zero-order valence-corrected chi connectivity index (χ0v) is 11.9. The molecule has 1 heterocycles. The molecule has 0 aliphatic carbocycles. The lowest BCUT2D eigenvalue weighted by Gasteiger charge is -2.09. The third-order valence-corrected chi connectivity index (χ3v) is 3.94. The molecule has 0 radical (unpaired) electrons. The Hall–Kier alpha value is -2.08. The smallest absolute Gasteiger partial charge is 0.179 e. The quantitative estimate of drug-likeness (QED) is 0.879. The Morgan fingerprint density at radius 3 is 2.55 bits per heavy atom. The first kappa shape index (κ1) is 14.3. The number of aromatic nitrogens is 1. The maximum atomic E-state index is 11.6. The molecule has 0 bridgehead atoms. The van der Waals surface area contributed by atoms with Crippen LogP contribution in [0.15, 0.2) is 47.5 Å². The van der Waals surface area contributed by atoms with Gasteiger partial charge in [-0.25, -0.2) is 13.4 Å². The van der Waals surface area contributed by atoms with E-state index in [9.17, 15) is 13.5 Å². The van der Waals surface area contributed by atoms with Gasteiger partial charge in [0.25, 0.3) is 0 Å². The van der Waals surface area contributed by atoms with Gasteiger partial charge in [0.2, 0.25) is 0 Å². The lowest BCUT2D eigenvalue weighted by molar-refractivity contribution is 0.475. The van der Waals surface area contributed by atoms with Crippen molar-refractivity contribution in [2.24, 2.45) is 0 Å². The Labute approximate surface area is 118 Å². The second kappa shape index (κ2) is 5.92. The van der Waals surface area contributed by atoms with Crippen molar-refractivity contribution in [1.29, 1.82) is 0 Å². The highest BCUT2D eigenvalue weighted by Gasteiger charge is 2.13. The zero-order valence-electron chi connectivity index (χ0n) is 11.1. The number of hydrogen-bond acceptors (Lipinski definition) is 5. The molecule has 0 saturated heterocycles. The molecular weight excluding hydrogens is 276 g/mol. The minimum Gasteiger partial charge on any atom is -0.508 e. The first-order valence-electron chi connectivity index (χ1n) is 6.13. The molecule has 106 valence electrons. The fourth-order valence-electron chi connectivity index (χ4n) is 1.81. The Balaban J connectivity index is 2.03. The molecule has 0 saturated carbocycles. The van der Waals surface area contributed by atoms with Gasteiger partial charge in [0, 0.05) is 19.0 Å². The number of nitrogens with zero attached hydrogens (tertiary/aromatic N) is 1. The zero-order chi connectivity index (χ0) is 14.6. The van der Waals surface area contributed by atoms with Crippen molar-refractivity contribution >= 4 is 15.7 Å². The number of aromatic hydroxyl groups is 1. The third kappa shape index (κ3) is 3.71. The Morgan fingerprint density at radius 1 is 1.20 bits per heavy atom. The van der Waals surface area contributed by atoms with Crippen LogP contribution in [-0.2, 0) is 16.3 Å². The first-order valence-corrected chi connectivity index (χ1v) is 8.03. The van der Waals surface area contributed by atoms with Gasteiger partial charge in [-0.2, -0.15) is 0 Å². The van der Waals surface area contributed by atoms with Gasteiger partial charge in [0.05, 0.1) is 0 Å².